The molecule has 2 aromatic carbocycles. The highest BCUT2D eigenvalue weighted by Crippen LogP contribution is 2.30. The van der Waals surface area contributed by atoms with Crippen molar-refractivity contribution in [3.05, 3.63) is 47.6 Å². The summed E-state index contributed by atoms with van der Waals surface area (Å²) in [6.07, 6.45) is 0.751. The Bertz CT molecular complexity index is 1140. The molecule has 0 bridgehead atoms. The third-order valence-corrected chi connectivity index (χ3v) is 5.03. The van der Waals surface area contributed by atoms with Crippen LogP contribution in [0.3, 0.4) is 0 Å². The van der Waals surface area contributed by atoms with E-state index >= 15 is 0 Å². The van der Waals surface area contributed by atoms with Crippen molar-refractivity contribution in [3.63, 3.8) is 0 Å². The number of anilines is 1. The van der Waals surface area contributed by atoms with Gasteiger partial charge in [-0.1, -0.05) is 6.92 Å². The standard InChI is InChI=1S/C22H22FN3O5/c1-3-13(10-29-14-4-5-17-20(6-14)31-12(2)25-17)9-24-22(28)15-7-18-19(8-16(15)23)30-11-21(27)26-18/h4-8,13H,3,9-11H2,1-2H3,(H,24,28)(H,26,27). The van der Waals surface area contributed by atoms with Crippen LogP contribution >= 0.6 is 0 Å². The molecule has 0 aliphatic carbocycles. The number of rotatable bonds is 7. The molecule has 1 atom stereocenters. The Morgan fingerprint density at radius 2 is 2.19 bits per heavy atom. The molecule has 0 saturated carbocycles. The molecule has 0 saturated heterocycles. The van der Waals surface area contributed by atoms with E-state index in [2.05, 4.69) is 15.6 Å². The van der Waals surface area contributed by atoms with E-state index < -0.39 is 11.7 Å². The van der Waals surface area contributed by atoms with Gasteiger partial charge in [0.2, 0.25) is 0 Å². The number of ether oxygens (including phenoxy) is 2. The van der Waals surface area contributed by atoms with Crippen molar-refractivity contribution in [1.82, 2.24) is 10.3 Å². The number of aromatic nitrogens is 1. The van der Waals surface area contributed by atoms with Crippen molar-refractivity contribution in [2.45, 2.75) is 20.3 Å². The maximum atomic E-state index is 14.3. The highest BCUT2D eigenvalue weighted by atomic mass is 19.1. The Kier molecular flexibility index (Phi) is 5.75. The van der Waals surface area contributed by atoms with Gasteiger partial charge in [0.15, 0.2) is 18.1 Å². The van der Waals surface area contributed by atoms with Gasteiger partial charge in [-0.15, -0.1) is 0 Å². The molecule has 1 aliphatic rings. The predicted octanol–water partition coefficient (Wildman–Crippen LogP) is 3.44. The Morgan fingerprint density at radius 3 is 3.00 bits per heavy atom. The third-order valence-electron chi connectivity index (χ3n) is 5.03. The van der Waals surface area contributed by atoms with Gasteiger partial charge in [-0.05, 0) is 24.6 Å². The highest BCUT2D eigenvalue weighted by Gasteiger charge is 2.22. The van der Waals surface area contributed by atoms with Crippen LogP contribution in [-0.4, -0.2) is 36.6 Å². The van der Waals surface area contributed by atoms with Crippen molar-refractivity contribution in [1.29, 1.82) is 0 Å². The van der Waals surface area contributed by atoms with Gasteiger partial charge in [-0.2, -0.15) is 0 Å². The topological polar surface area (TPSA) is 103 Å². The maximum absolute atomic E-state index is 14.3. The zero-order valence-corrected chi connectivity index (χ0v) is 17.2. The fourth-order valence-corrected chi connectivity index (χ4v) is 3.25. The first kappa shape index (κ1) is 20.6. The normalized spacial score (nSPS) is 13.8. The molecule has 2 N–H and O–H groups in total. The molecule has 2 amide bonds. The van der Waals surface area contributed by atoms with Crippen LogP contribution in [0.25, 0.3) is 11.1 Å². The van der Waals surface area contributed by atoms with E-state index in [0.717, 1.165) is 18.0 Å². The average molecular weight is 427 g/mol. The van der Waals surface area contributed by atoms with Crippen LogP contribution in [0.4, 0.5) is 10.1 Å². The monoisotopic (exact) mass is 427 g/mol. The lowest BCUT2D eigenvalue weighted by Crippen LogP contribution is -2.32. The number of benzene rings is 2. The summed E-state index contributed by atoms with van der Waals surface area (Å²) in [5.74, 6) is -0.198. The first-order chi connectivity index (χ1) is 14.9. The number of amides is 2. The Morgan fingerprint density at radius 1 is 1.35 bits per heavy atom. The molecule has 2 heterocycles. The lowest BCUT2D eigenvalue weighted by Gasteiger charge is -2.20. The van der Waals surface area contributed by atoms with E-state index in [0.29, 0.717) is 30.4 Å². The highest BCUT2D eigenvalue weighted by molar-refractivity contribution is 6.00. The lowest BCUT2D eigenvalue weighted by atomic mass is 10.1. The zero-order chi connectivity index (χ0) is 22.0. The maximum Gasteiger partial charge on any atom is 0.262 e. The smallest absolute Gasteiger partial charge is 0.262 e. The summed E-state index contributed by atoms with van der Waals surface area (Å²) in [5, 5.41) is 5.31. The average Bonchev–Trinajstić information content (AvgIpc) is 3.12. The number of halogens is 1. The second-order valence-electron chi connectivity index (χ2n) is 7.32. The summed E-state index contributed by atoms with van der Waals surface area (Å²) in [5.41, 5.74) is 1.52. The fourth-order valence-electron chi connectivity index (χ4n) is 3.25. The van der Waals surface area contributed by atoms with Crippen molar-refractivity contribution in [2.75, 3.05) is 25.1 Å². The summed E-state index contributed by atoms with van der Waals surface area (Å²) in [6, 6.07) is 7.80. The largest absolute Gasteiger partial charge is 0.493 e. The number of fused-ring (bicyclic) bond motifs is 2. The Labute approximate surface area is 177 Å². The second kappa shape index (κ2) is 8.63. The molecular weight excluding hydrogens is 405 g/mol. The van der Waals surface area contributed by atoms with Crippen LogP contribution in [-0.2, 0) is 4.79 Å². The van der Waals surface area contributed by atoms with Gasteiger partial charge in [-0.3, -0.25) is 9.59 Å². The van der Waals surface area contributed by atoms with Crippen molar-refractivity contribution >= 4 is 28.6 Å². The molecule has 1 aromatic heterocycles. The number of hydrogen-bond donors (Lipinski definition) is 2. The number of nitrogens with zero attached hydrogens (tertiary/aromatic N) is 1. The van der Waals surface area contributed by atoms with Gasteiger partial charge < -0.3 is 24.5 Å². The third kappa shape index (κ3) is 4.60. The summed E-state index contributed by atoms with van der Waals surface area (Å²) in [7, 11) is 0. The van der Waals surface area contributed by atoms with Crippen molar-refractivity contribution in [3.8, 4) is 11.5 Å². The summed E-state index contributed by atoms with van der Waals surface area (Å²) < 4.78 is 30.9. The van der Waals surface area contributed by atoms with E-state index in [9.17, 15) is 14.0 Å². The van der Waals surface area contributed by atoms with Crippen LogP contribution in [0.2, 0.25) is 0 Å². The van der Waals surface area contributed by atoms with Crippen molar-refractivity contribution in [2.24, 2.45) is 5.92 Å². The second-order valence-corrected chi connectivity index (χ2v) is 7.32. The quantitative estimate of drug-likeness (QED) is 0.599. The van der Waals surface area contributed by atoms with Gasteiger partial charge in [0.05, 0.1) is 17.9 Å². The van der Waals surface area contributed by atoms with E-state index in [1.165, 1.54) is 6.07 Å². The van der Waals surface area contributed by atoms with Crippen molar-refractivity contribution < 1.29 is 27.9 Å². The Hall–Kier alpha value is -3.62. The molecule has 0 radical (unpaired) electrons. The molecule has 0 fully saturated rings. The number of carbonyl (C=O) groups is 2. The molecule has 9 heteroatoms. The van der Waals surface area contributed by atoms with E-state index in [4.69, 9.17) is 13.9 Å². The number of aryl methyl sites for hydroxylation is 1. The Balaban J connectivity index is 1.36. The molecule has 31 heavy (non-hydrogen) atoms. The van der Waals surface area contributed by atoms with Gasteiger partial charge in [-0.25, -0.2) is 9.37 Å². The minimum Gasteiger partial charge on any atom is -0.493 e. The molecule has 162 valence electrons. The molecule has 3 aromatic rings. The number of oxazole rings is 1. The summed E-state index contributed by atoms with van der Waals surface area (Å²) >= 11 is 0. The minimum atomic E-state index is -0.715. The first-order valence-corrected chi connectivity index (χ1v) is 9.97. The molecule has 1 aliphatic heterocycles. The molecule has 1 unspecified atom stereocenters. The van der Waals surface area contributed by atoms with Crippen LogP contribution in [0.15, 0.2) is 34.7 Å². The van der Waals surface area contributed by atoms with Crippen LogP contribution in [0.1, 0.15) is 29.6 Å². The lowest BCUT2D eigenvalue weighted by molar-refractivity contribution is -0.118. The number of carbonyl (C=O) groups excluding carboxylic acids is 2. The SMILES string of the molecule is CCC(CNC(=O)c1cc2c(cc1F)OCC(=O)N2)COc1ccc2nc(C)oc2c1. The van der Waals surface area contributed by atoms with Crippen LogP contribution in [0, 0.1) is 18.7 Å². The molecule has 4 rings (SSSR count). The minimum absolute atomic E-state index is 0.0137. The van der Waals surface area contributed by atoms with Gasteiger partial charge in [0.1, 0.15) is 22.8 Å². The zero-order valence-electron chi connectivity index (χ0n) is 17.2. The molecule has 8 nitrogen and oxygen atoms in total. The first-order valence-electron chi connectivity index (χ1n) is 9.97. The molecular formula is C22H22FN3O5. The molecule has 0 spiro atoms. The fraction of sp³-hybridized carbons (Fsp3) is 0.318. The van der Waals surface area contributed by atoms with Gasteiger partial charge in [0.25, 0.3) is 11.8 Å². The summed E-state index contributed by atoms with van der Waals surface area (Å²) in [6.45, 7) is 4.25. The van der Waals surface area contributed by atoms with Gasteiger partial charge in [0, 0.05) is 31.5 Å². The summed E-state index contributed by atoms with van der Waals surface area (Å²) in [4.78, 5) is 28.2. The van der Waals surface area contributed by atoms with Crippen LogP contribution < -0.4 is 20.1 Å². The number of hydrogen-bond acceptors (Lipinski definition) is 6. The van der Waals surface area contributed by atoms with E-state index in [1.54, 1.807) is 13.0 Å². The number of nitrogens with one attached hydrogen (secondary N) is 2. The van der Waals surface area contributed by atoms with E-state index in [-0.39, 0.29) is 35.4 Å². The van der Waals surface area contributed by atoms with E-state index in [1.807, 2.05) is 19.1 Å². The predicted molar refractivity (Wildman–Crippen MR) is 111 cm³/mol. The van der Waals surface area contributed by atoms with Crippen LogP contribution in [0.5, 0.6) is 11.5 Å². The van der Waals surface area contributed by atoms with Gasteiger partial charge >= 0.3 is 0 Å².